The summed E-state index contributed by atoms with van der Waals surface area (Å²) in [6.45, 7) is 4.80. The first-order chi connectivity index (χ1) is 8.01. The summed E-state index contributed by atoms with van der Waals surface area (Å²) >= 11 is 0. The second-order valence-corrected chi connectivity index (χ2v) is 5.58. The summed E-state index contributed by atoms with van der Waals surface area (Å²) in [5.74, 6) is 0.171. The number of carbonyl (C=O) groups is 1. The molecule has 17 heavy (non-hydrogen) atoms. The van der Waals surface area contributed by atoms with Crippen molar-refractivity contribution < 1.29 is 14.6 Å². The van der Waals surface area contributed by atoms with Gasteiger partial charge in [0.15, 0.2) is 0 Å². The van der Waals surface area contributed by atoms with Crippen molar-refractivity contribution in [3.8, 4) is 5.75 Å². The maximum Gasteiger partial charge on any atom is 0.307 e. The lowest BCUT2D eigenvalue weighted by Crippen LogP contribution is -2.03. The molecule has 0 bridgehead atoms. The fourth-order valence-electron chi connectivity index (χ4n) is 3.12. The molecule has 1 N–H and O–H groups in total. The molecule has 1 aliphatic carbocycles. The zero-order valence-electron chi connectivity index (χ0n) is 10.1. The SMILES string of the molecule is CC1(C)C(C(=O)O)C1c1ccc2c(c1)CCO2. The van der Waals surface area contributed by atoms with Crippen LogP contribution in [0.25, 0.3) is 0 Å². The van der Waals surface area contributed by atoms with Crippen molar-refractivity contribution in [2.24, 2.45) is 11.3 Å². The first kappa shape index (κ1) is 10.6. The molecule has 0 amide bonds. The van der Waals surface area contributed by atoms with E-state index in [0.717, 1.165) is 24.3 Å². The van der Waals surface area contributed by atoms with Crippen molar-refractivity contribution in [3.63, 3.8) is 0 Å². The third-order valence-corrected chi connectivity index (χ3v) is 4.17. The van der Waals surface area contributed by atoms with Crippen LogP contribution in [0.15, 0.2) is 18.2 Å². The standard InChI is InChI=1S/C14H16O3/c1-14(2)11(12(14)13(15)16)9-3-4-10-8(7-9)5-6-17-10/h3-4,7,11-12H,5-6H2,1-2H3,(H,15,16). The normalized spacial score (nSPS) is 28.4. The molecular formula is C14H16O3. The van der Waals surface area contributed by atoms with Gasteiger partial charge in [0, 0.05) is 12.3 Å². The average Bonchev–Trinajstić information content (AvgIpc) is 2.66. The monoisotopic (exact) mass is 232 g/mol. The van der Waals surface area contributed by atoms with Crippen molar-refractivity contribution in [3.05, 3.63) is 29.3 Å². The minimum Gasteiger partial charge on any atom is -0.493 e. The third kappa shape index (κ3) is 1.45. The van der Waals surface area contributed by atoms with Crippen LogP contribution < -0.4 is 4.74 Å². The van der Waals surface area contributed by atoms with Crippen molar-refractivity contribution in [1.82, 2.24) is 0 Å². The number of ether oxygens (including phenoxy) is 1. The number of carboxylic acid groups (broad SMARTS) is 1. The van der Waals surface area contributed by atoms with Gasteiger partial charge in [-0.2, -0.15) is 0 Å². The number of rotatable bonds is 2. The van der Waals surface area contributed by atoms with Crippen LogP contribution in [0.4, 0.5) is 0 Å². The van der Waals surface area contributed by atoms with Crippen molar-refractivity contribution >= 4 is 5.97 Å². The Bertz CT molecular complexity index is 490. The summed E-state index contributed by atoms with van der Waals surface area (Å²) in [7, 11) is 0. The van der Waals surface area contributed by atoms with Gasteiger partial charge in [-0.25, -0.2) is 0 Å². The lowest BCUT2D eigenvalue weighted by Gasteiger charge is -2.05. The molecule has 1 aliphatic heterocycles. The Balaban J connectivity index is 1.94. The number of hydrogen-bond donors (Lipinski definition) is 1. The van der Waals surface area contributed by atoms with Crippen LogP contribution in [0, 0.1) is 11.3 Å². The fraction of sp³-hybridized carbons (Fsp3) is 0.500. The highest BCUT2D eigenvalue weighted by molar-refractivity contribution is 5.77. The molecule has 2 aliphatic rings. The van der Waals surface area contributed by atoms with Crippen molar-refractivity contribution in [2.75, 3.05) is 6.61 Å². The van der Waals surface area contributed by atoms with E-state index in [1.807, 2.05) is 26.0 Å². The summed E-state index contributed by atoms with van der Waals surface area (Å²) < 4.78 is 5.46. The Hall–Kier alpha value is -1.51. The molecule has 3 heteroatoms. The summed E-state index contributed by atoms with van der Waals surface area (Å²) in [5, 5.41) is 9.19. The molecule has 3 rings (SSSR count). The Labute approximate surface area is 100 Å². The molecule has 1 fully saturated rings. The van der Waals surface area contributed by atoms with E-state index in [1.165, 1.54) is 5.56 Å². The molecule has 2 atom stereocenters. The topological polar surface area (TPSA) is 46.5 Å². The average molecular weight is 232 g/mol. The summed E-state index contributed by atoms with van der Waals surface area (Å²) in [4.78, 5) is 11.2. The van der Waals surface area contributed by atoms with E-state index >= 15 is 0 Å². The number of hydrogen-bond acceptors (Lipinski definition) is 2. The first-order valence-corrected chi connectivity index (χ1v) is 6.00. The molecule has 0 saturated heterocycles. The number of aliphatic carboxylic acids is 1. The van der Waals surface area contributed by atoms with Crippen LogP contribution in [0.2, 0.25) is 0 Å². The van der Waals surface area contributed by atoms with Crippen LogP contribution >= 0.6 is 0 Å². The smallest absolute Gasteiger partial charge is 0.307 e. The lowest BCUT2D eigenvalue weighted by molar-refractivity contribution is -0.139. The van der Waals surface area contributed by atoms with Crippen LogP contribution in [-0.2, 0) is 11.2 Å². The summed E-state index contributed by atoms with van der Waals surface area (Å²) in [6.07, 6.45) is 0.939. The van der Waals surface area contributed by atoms with Crippen molar-refractivity contribution in [1.29, 1.82) is 0 Å². The molecule has 1 aromatic carbocycles. The van der Waals surface area contributed by atoms with E-state index < -0.39 is 5.97 Å². The largest absolute Gasteiger partial charge is 0.493 e. The number of benzene rings is 1. The van der Waals surface area contributed by atoms with Crippen LogP contribution in [0.3, 0.4) is 0 Å². The van der Waals surface area contributed by atoms with E-state index in [0.29, 0.717) is 0 Å². The Morgan fingerprint density at radius 1 is 1.47 bits per heavy atom. The third-order valence-electron chi connectivity index (χ3n) is 4.17. The number of carboxylic acids is 1. The van der Waals surface area contributed by atoms with E-state index in [-0.39, 0.29) is 17.3 Å². The lowest BCUT2D eigenvalue weighted by atomic mass is 10.0. The maximum absolute atomic E-state index is 11.2. The summed E-state index contributed by atoms with van der Waals surface area (Å²) in [6, 6.07) is 6.11. The molecule has 1 aromatic rings. The molecule has 1 saturated carbocycles. The van der Waals surface area contributed by atoms with E-state index in [2.05, 4.69) is 6.07 Å². The maximum atomic E-state index is 11.2. The Kier molecular flexibility index (Phi) is 2.03. The first-order valence-electron chi connectivity index (χ1n) is 6.00. The van der Waals surface area contributed by atoms with Gasteiger partial charge in [-0.3, -0.25) is 4.79 Å². The highest BCUT2D eigenvalue weighted by Gasteiger charge is 2.62. The van der Waals surface area contributed by atoms with Gasteiger partial charge < -0.3 is 9.84 Å². The van der Waals surface area contributed by atoms with Gasteiger partial charge in [0.1, 0.15) is 5.75 Å². The second kappa shape index (κ2) is 3.25. The Morgan fingerprint density at radius 2 is 2.24 bits per heavy atom. The minimum atomic E-state index is -0.684. The van der Waals surface area contributed by atoms with E-state index in [1.54, 1.807) is 0 Å². The van der Waals surface area contributed by atoms with Gasteiger partial charge in [0.2, 0.25) is 0 Å². The predicted octanol–water partition coefficient (Wildman–Crippen LogP) is 2.45. The number of fused-ring (bicyclic) bond motifs is 1. The van der Waals surface area contributed by atoms with Crippen LogP contribution in [0.1, 0.15) is 30.9 Å². The molecule has 0 spiro atoms. The fourth-order valence-corrected chi connectivity index (χ4v) is 3.12. The van der Waals surface area contributed by atoms with E-state index in [9.17, 15) is 9.90 Å². The highest BCUT2D eigenvalue weighted by Crippen LogP contribution is 2.64. The quantitative estimate of drug-likeness (QED) is 0.852. The zero-order chi connectivity index (χ0) is 12.2. The minimum absolute atomic E-state index is 0.125. The molecule has 90 valence electrons. The van der Waals surface area contributed by atoms with E-state index in [4.69, 9.17) is 4.74 Å². The predicted molar refractivity (Wildman–Crippen MR) is 63.3 cm³/mol. The van der Waals surface area contributed by atoms with Gasteiger partial charge in [0.05, 0.1) is 12.5 Å². The van der Waals surface area contributed by atoms with Crippen LogP contribution in [-0.4, -0.2) is 17.7 Å². The van der Waals surface area contributed by atoms with Gasteiger partial charge in [-0.1, -0.05) is 26.0 Å². The molecule has 0 aromatic heterocycles. The van der Waals surface area contributed by atoms with Gasteiger partial charge in [-0.15, -0.1) is 0 Å². The van der Waals surface area contributed by atoms with Gasteiger partial charge >= 0.3 is 5.97 Å². The molecule has 3 nitrogen and oxygen atoms in total. The Morgan fingerprint density at radius 3 is 2.88 bits per heavy atom. The second-order valence-electron chi connectivity index (χ2n) is 5.58. The zero-order valence-corrected chi connectivity index (χ0v) is 10.1. The van der Waals surface area contributed by atoms with Gasteiger partial charge in [0.25, 0.3) is 0 Å². The van der Waals surface area contributed by atoms with Crippen LogP contribution in [0.5, 0.6) is 5.75 Å². The highest BCUT2D eigenvalue weighted by atomic mass is 16.5. The molecule has 1 heterocycles. The summed E-state index contributed by atoms with van der Waals surface area (Å²) in [5.41, 5.74) is 2.24. The molecule has 0 radical (unpaired) electrons. The van der Waals surface area contributed by atoms with Crippen molar-refractivity contribution in [2.45, 2.75) is 26.2 Å². The molecular weight excluding hydrogens is 216 g/mol. The van der Waals surface area contributed by atoms with Gasteiger partial charge in [-0.05, 0) is 22.6 Å². The molecule has 2 unspecified atom stereocenters.